The summed E-state index contributed by atoms with van der Waals surface area (Å²) < 4.78 is 5.63. The van der Waals surface area contributed by atoms with E-state index in [1.807, 2.05) is 20.8 Å². The highest BCUT2D eigenvalue weighted by Gasteiger charge is 2.18. The average molecular weight is 255 g/mol. The molecule has 1 rings (SSSR count). The first-order valence-corrected chi connectivity index (χ1v) is 5.98. The van der Waals surface area contributed by atoms with Crippen molar-refractivity contribution in [3.05, 3.63) is 33.9 Å². The Kier molecular flexibility index (Phi) is 4.40. The Morgan fingerprint density at radius 2 is 2.12 bits per heavy atom. The highest BCUT2D eigenvalue weighted by atomic mass is 32.1. The minimum Gasteiger partial charge on any atom is -0.492 e. The summed E-state index contributed by atoms with van der Waals surface area (Å²) in [4.78, 5) is 10.2. The topological polar surface area (TPSA) is 52.4 Å². The second kappa shape index (κ2) is 5.40. The number of nitro groups is 1. The van der Waals surface area contributed by atoms with Crippen molar-refractivity contribution < 1.29 is 9.66 Å². The van der Waals surface area contributed by atoms with Gasteiger partial charge in [0, 0.05) is 11.5 Å². The second-order valence-corrected chi connectivity index (χ2v) is 5.13. The summed E-state index contributed by atoms with van der Waals surface area (Å²) >= 11 is 4.24. The Balaban J connectivity index is 2.83. The van der Waals surface area contributed by atoms with Crippen LogP contribution in [-0.2, 0) is 0 Å². The zero-order valence-electron chi connectivity index (χ0n) is 10.3. The summed E-state index contributed by atoms with van der Waals surface area (Å²) in [6.07, 6.45) is 0. The molecular weight excluding hydrogens is 238 g/mol. The molecule has 94 valence electrons. The summed E-state index contributed by atoms with van der Waals surface area (Å²) in [5, 5.41) is 10.7. The largest absolute Gasteiger partial charge is 0.492 e. The molecule has 1 aromatic carbocycles. The molecule has 17 heavy (non-hydrogen) atoms. The van der Waals surface area contributed by atoms with Gasteiger partial charge in [-0.25, -0.2) is 0 Å². The summed E-state index contributed by atoms with van der Waals surface area (Å²) in [5.41, 5.74) is 0.889. The minimum atomic E-state index is -0.421. The molecule has 1 aromatic rings. The molecular formula is C12H17NO3S. The molecule has 4 nitrogen and oxygen atoms in total. The lowest BCUT2D eigenvalue weighted by Crippen LogP contribution is -2.23. The summed E-state index contributed by atoms with van der Waals surface area (Å²) in [6.45, 7) is 6.42. The lowest BCUT2D eigenvalue weighted by atomic mass is 9.98. The first-order chi connectivity index (χ1) is 7.85. The molecule has 0 spiro atoms. The van der Waals surface area contributed by atoms with Crippen LogP contribution in [0.25, 0.3) is 0 Å². The zero-order chi connectivity index (χ0) is 13.1. The normalized spacial score (nSPS) is 11.3. The van der Waals surface area contributed by atoms with Gasteiger partial charge in [-0.05, 0) is 24.3 Å². The molecule has 0 aliphatic rings. The fraction of sp³-hybridized carbons (Fsp3) is 0.500. The quantitative estimate of drug-likeness (QED) is 0.499. The van der Waals surface area contributed by atoms with Gasteiger partial charge in [-0.2, -0.15) is 12.6 Å². The first kappa shape index (κ1) is 13.8. The van der Waals surface area contributed by atoms with Crippen molar-refractivity contribution in [2.75, 3.05) is 12.4 Å². The highest BCUT2D eigenvalue weighted by molar-refractivity contribution is 7.80. The van der Waals surface area contributed by atoms with E-state index in [0.29, 0.717) is 18.1 Å². The first-order valence-electron chi connectivity index (χ1n) is 5.34. The number of nitrogens with zero attached hydrogens (tertiary/aromatic N) is 1. The molecule has 0 bridgehead atoms. The molecule has 0 fully saturated rings. The number of rotatable bonds is 5. The van der Waals surface area contributed by atoms with Crippen LogP contribution in [0.1, 0.15) is 19.4 Å². The molecule has 0 heterocycles. The van der Waals surface area contributed by atoms with Gasteiger partial charge in [0.2, 0.25) is 0 Å². The van der Waals surface area contributed by atoms with Crippen LogP contribution in [-0.4, -0.2) is 17.3 Å². The predicted molar refractivity (Wildman–Crippen MR) is 71.0 cm³/mol. The third kappa shape index (κ3) is 3.93. The number of thiol groups is 1. The molecule has 5 heteroatoms. The SMILES string of the molecule is Cc1ccc([N+](=O)[O-])cc1OCC(C)(C)CS. The Morgan fingerprint density at radius 3 is 2.65 bits per heavy atom. The van der Waals surface area contributed by atoms with Crippen molar-refractivity contribution in [3.8, 4) is 5.75 Å². The van der Waals surface area contributed by atoms with Crippen LogP contribution in [0.3, 0.4) is 0 Å². The van der Waals surface area contributed by atoms with E-state index in [1.165, 1.54) is 12.1 Å². The maximum atomic E-state index is 10.7. The summed E-state index contributed by atoms with van der Waals surface area (Å²) in [6, 6.07) is 4.64. The van der Waals surface area contributed by atoms with Crippen LogP contribution >= 0.6 is 12.6 Å². The van der Waals surface area contributed by atoms with Gasteiger partial charge in [0.15, 0.2) is 0 Å². The molecule has 0 radical (unpaired) electrons. The second-order valence-electron chi connectivity index (χ2n) is 4.82. The van der Waals surface area contributed by atoms with Gasteiger partial charge in [0.1, 0.15) is 5.75 Å². The number of aryl methyl sites for hydroxylation is 1. The minimum absolute atomic E-state index is 0.0503. The van der Waals surface area contributed by atoms with Crippen LogP contribution < -0.4 is 4.74 Å². The molecule has 0 unspecified atom stereocenters. The standard InChI is InChI=1S/C12H17NO3S/c1-9-4-5-10(13(14)15)6-11(9)16-7-12(2,3)8-17/h4-6,17H,7-8H2,1-3H3. The zero-order valence-corrected chi connectivity index (χ0v) is 11.2. The van der Waals surface area contributed by atoms with E-state index >= 15 is 0 Å². The maximum Gasteiger partial charge on any atom is 0.273 e. The van der Waals surface area contributed by atoms with Crippen LogP contribution in [0.4, 0.5) is 5.69 Å². The molecule has 0 aromatic heterocycles. The van der Waals surface area contributed by atoms with E-state index in [0.717, 1.165) is 5.56 Å². The molecule has 0 amide bonds. The van der Waals surface area contributed by atoms with Crippen molar-refractivity contribution in [1.82, 2.24) is 0 Å². The number of benzene rings is 1. The van der Waals surface area contributed by atoms with E-state index in [9.17, 15) is 10.1 Å². The highest BCUT2D eigenvalue weighted by Crippen LogP contribution is 2.26. The van der Waals surface area contributed by atoms with Gasteiger partial charge in [-0.1, -0.05) is 13.8 Å². The van der Waals surface area contributed by atoms with Gasteiger partial charge in [-0.15, -0.1) is 0 Å². The van der Waals surface area contributed by atoms with Crippen LogP contribution in [0.5, 0.6) is 5.75 Å². The Morgan fingerprint density at radius 1 is 1.47 bits per heavy atom. The summed E-state index contributed by atoms with van der Waals surface area (Å²) in [7, 11) is 0. The predicted octanol–water partition coefficient (Wildman–Crippen LogP) is 3.24. The van der Waals surface area contributed by atoms with Crippen molar-refractivity contribution in [2.24, 2.45) is 5.41 Å². The van der Waals surface area contributed by atoms with E-state index in [2.05, 4.69) is 12.6 Å². The fourth-order valence-electron chi connectivity index (χ4n) is 1.18. The van der Waals surface area contributed by atoms with E-state index in [-0.39, 0.29) is 11.1 Å². The van der Waals surface area contributed by atoms with Crippen molar-refractivity contribution >= 4 is 18.3 Å². The fourth-order valence-corrected chi connectivity index (χ4v) is 1.27. The van der Waals surface area contributed by atoms with Crippen LogP contribution in [0, 0.1) is 22.5 Å². The van der Waals surface area contributed by atoms with Crippen molar-refractivity contribution in [1.29, 1.82) is 0 Å². The third-order valence-corrected chi connectivity index (χ3v) is 3.29. The molecule has 0 saturated carbocycles. The number of non-ortho nitro benzene ring substituents is 1. The molecule has 0 aliphatic heterocycles. The van der Waals surface area contributed by atoms with Crippen molar-refractivity contribution in [2.45, 2.75) is 20.8 Å². The molecule has 0 N–H and O–H groups in total. The molecule has 0 aliphatic carbocycles. The lowest BCUT2D eigenvalue weighted by Gasteiger charge is -2.22. The number of hydrogen-bond donors (Lipinski definition) is 1. The van der Waals surface area contributed by atoms with Gasteiger partial charge in [-0.3, -0.25) is 10.1 Å². The number of ether oxygens (including phenoxy) is 1. The van der Waals surface area contributed by atoms with E-state index in [4.69, 9.17) is 4.74 Å². The monoisotopic (exact) mass is 255 g/mol. The van der Waals surface area contributed by atoms with Crippen LogP contribution in [0.2, 0.25) is 0 Å². The average Bonchev–Trinajstić information content (AvgIpc) is 2.27. The number of nitro benzene ring substituents is 1. The van der Waals surface area contributed by atoms with Crippen molar-refractivity contribution in [3.63, 3.8) is 0 Å². The van der Waals surface area contributed by atoms with Gasteiger partial charge in [0.05, 0.1) is 17.6 Å². The Bertz CT molecular complexity index is 418. The maximum absolute atomic E-state index is 10.7. The molecule has 0 atom stereocenters. The van der Waals surface area contributed by atoms with E-state index < -0.39 is 4.92 Å². The smallest absolute Gasteiger partial charge is 0.273 e. The van der Waals surface area contributed by atoms with Gasteiger partial charge in [0.25, 0.3) is 5.69 Å². The Hall–Kier alpha value is -1.23. The van der Waals surface area contributed by atoms with Crippen LogP contribution in [0.15, 0.2) is 18.2 Å². The summed E-state index contributed by atoms with van der Waals surface area (Å²) in [5.74, 6) is 1.26. The Labute approximate surface area is 107 Å². The van der Waals surface area contributed by atoms with Gasteiger partial charge >= 0.3 is 0 Å². The molecule has 0 saturated heterocycles. The van der Waals surface area contributed by atoms with Gasteiger partial charge < -0.3 is 4.74 Å². The van der Waals surface area contributed by atoms with E-state index in [1.54, 1.807) is 6.07 Å². The number of hydrogen-bond acceptors (Lipinski definition) is 4. The lowest BCUT2D eigenvalue weighted by molar-refractivity contribution is -0.385. The third-order valence-electron chi connectivity index (χ3n) is 2.43.